The van der Waals surface area contributed by atoms with Crippen molar-refractivity contribution in [3.63, 3.8) is 0 Å². The number of nitrogens with one attached hydrogen (secondary N) is 2. The largest absolute Gasteiger partial charge is 0.284 e. The molecule has 2 N–H and O–H groups in total. The summed E-state index contributed by atoms with van der Waals surface area (Å²) in [5.41, 5.74) is 0.759. The van der Waals surface area contributed by atoms with Crippen molar-refractivity contribution in [2.45, 2.75) is 4.90 Å². The highest BCUT2D eigenvalue weighted by Crippen LogP contribution is 2.19. The van der Waals surface area contributed by atoms with Crippen LogP contribution < -0.4 is 9.44 Å². The molecule has 0 atom stereocenters. The number of benzene rings is 2. The van der Waals surface area contributed by atoms with Crippen LogP contribution in [-0.2, 0) is 20.0 Å². The Hall–Kier alpha value is -1.33. The van der Waals surface area contributed by atoms with Crippen LogP contribution in [-0.4, -0.2) is 23.1 Å². The van der Waals surface area contributed by atoms with E-state index in [-0.39, 0.29) is 4.90 Å². The molecule has 2 aromatic carbocycles. The van der Waals surface area contributed by atoms with E-state index in [9.17, 15) is 16.8 Å². The van der Waals surface area contributed by atoms with Gasteiger partial charge in [-0.2, -0.15) is 0 Å². The molecule has 0 aliphatic heterocycles. The molecule has 0 aromatic heterocycles. The van der Waals surface area contributed by atoms with Gasteiger partial charge in [0.05, 0.1) is 11.2 Å². The van der Waals surface area contributed by atoms with Crippen molar-refractivity contribution < 1.29 is 16.8 Å². The third-order valence-corrected chi connectivity index (χ3v) is 5.29. The van der Waals surface area contributed by atoms with Gasteiger partial charge in [-0.15, -0.1) is 0 Å². The topological polar surface area (TPSA) is 92.3 Å². The van der Waals surface area contributed by atoms with Crippen molar-refractivity contribution in [2.24, 2.45) is 0 Å². The van der Waals surface area contributed by atoms with E-state index in [2.05, 4.69) is 32.0 Å². The number of anilines is 2. The third-order valence-electron chi connectivity index (χ3n) is 2.56. The first-order valence-corrected chi connectivity index (χ1v) is 10.5. The molecular formula is C13H13IN2O4S2. The lowest BCUT2D eigenvalue weighted by atomic mass is 10.3. The second-order valence-corrected chi connectivity index (χ2v) is 9.19. The summed E-state index contributed by atoms with van der Waals surface area (Å²) in [7, 11) is -7.11. The van der Waals surface area contributed by atoms with Crippen LogP contribution >= 0.6 is 22.6 Å². The van der Waals surface area contributed by atoms with Gasteiger partial charge in [0, 0.05) is 14.9 Å². The molecule has 22 heavy (non-hydrogen) atoms. The van der Waals surface area contributed by atoms with Crippen LogP contribution in [0.15, 0.2) is 53.4 Å². The molecule has 0 bridgehead atoms. The molecule has 0 saturated carbocycles. The molecule has 0 heterocycles. The smallest absolute Gasteiger partial charge is 0.261 e. The van der Waals surface area contributed by atoms with Crippen molar-refractivity contribution in [1.82, 2.24) is 0 Å². The van der Waals surface area contributed by atoms with Gasteiger partial charge in [0.25, 0.3) is 10.0 Å². The van der Waals surface area contributed by atoms with Crippen LogP contribution in [0.1, 0.15) is 0 Å². The normalized spacial score (nSPS) is 11.9. The van der Waals surface area contributed by atoms with E-state index >= 15 is 0 Å². The van der Waals surface area contributed by atoms with Gasteiger partial charge in [-0.25, -0.2) is 16.8 Å². The van der Waals surface area contributed by atoms with Crippen LogP contribution in [0.4, 0.5) is 11.4 Å². The summed E-state index contributed by atoms with van der Waals surface area (Å²) in [4.78, 5) is 0.0464. The molecule has 0 aliphatic rings. The van der Waals surface area contributed by atoms with Crippen LogP contribution in [0.3, 0.4) is 0 Å². The highest BCUT2D eigenvalue weighted by Gasteiger charge is 2.14. The average molecular weight is 452 g/mol. The molecule has 0 aliphatic carbocycles. The minimum atomic E-state index is -3.72. The van der Waals surface area contributed by atoms with Crippen molar-refractivity contribution in [2.75, 3.05) is 15.7 Å². The molecule has 0 saturated heterocycles. The highest BCUT2D eigenvalue weighted by atomic mass is 127. The summed E-state index contributed by atoms with van der Waals surface area (Å²) in [6.07, 6.45) is 1.02. The first-order chi connectivity index (χ1) is 10.2. The van der Waals surface area contributed by atoms with Crippen LogP contribution in [0.25, 0.3) is 0 Å². The minimum Gasteiger partial charge on any atom is -0.284 e. The Morgan fingerprint density at radius 1 is 0.773 bits per heavy atom. The second kappa shape index (κ2) is 6.42. The SMILES string of the molecule is CS(=O)(=O)Nc1ccc(S(=O)(=O)Nc2ccc(I)cc2)cc1. The Morgan fingerprint density at radius 3 is 1.73 bits per heavy atom. The number of hydrogen-bond acceptors (Lipinski definition) is 4. The Bertz CT molecular complexity index is 861. The van der Waals surface area contributed by atoms with E-state index in [1.165, 1.54) is 24.3 Å². The molecule has 0 radical (unpaired) electrons. The molecule has 9 heteroatoms. The minimum absolute atomic E-state index is 0.0464. The molecular weight excluding hydrogens is 439 g/mol. The number of sulfonamides is 2. The summed E-state index contributed by atoms with van der Waals surface area (Å²) in [5, 5.41) is 0. The number of rotatable bonds is 5. The maximum absolute atomic E-state index is 12.2. The van der Waals surface area contributed by atoms with E-state index < -0.39 is 20.0 Å². The van der Waals surface area contributed by atoms with E-state index in [1.807, 2.05) is 0 Å². The first-order valence-electron chi connectivity index (χ1n) is 6.02. The maximum Gasteiger partial charge on any atom is 0.261 e. The predicted octanol–water partition coefficient (Wildman–Crippen LogP) is 2.46. The van der Waals surface area contributed by atoms with Gasteiger partial charge in [-0.05, 0) is 71.1 Å². The van der Waals surface area contributed by atoms with Gasteiger partial charge < -0.3 is 0 Å². The lowest BCUT2D eigenvalue weighted by Gasteiger charge is -2.09. The summed E-state index contributed by atoms with van der Waals surface area (Å²) < 4.78 is 52.4. The van der Waals surface area contributed by atoms with Crippen molar-refractivity contribution in [3.05, 3.63) is 52.1 Å². The highest BCUT2D eigenvalue weighted by molar-refractivity contribution is 14.1. The predicted molar refractivity (Wildman–Crippen MR) is 94.9 cm³/mol. The number of halogens is 1. The number of hydrogen-bond donors (Lipinski definition) is 2. The zero-order chi connectivity index (χ0) is 16.4. The summed E-state index contributed by atoms with van der Waals surface area (Å²) in [6.45, 7) is 0. The average Bonchev–Trinajstić information content (AvgIpc) is 2.40. The van der Waals surface area contributed by atoms with Gasteiger partial charge in [-0.1, -0.05) is 0 Å². The zero-order valence-corrected chi connectivity index (χ0v) is 15.2. The standard InChI is InChI=1S/C13H13IN2O4S2/c1-21(17,18)15-11-6-8-13(9-7-11)22(19,20)16-12-4-2-10(14)3-5-12/h2-9,15-16H,1H3. The zero-order valence-electron chi connectivity index (χ0n) is 11.4. The van der Waals surface area contributed by atoms with Gasteiger partial charge in [0.15, 0.2) is 0 Å². The summed E-state index contributed by atoms with van der Waals surface area (Å²) >= 11 is 2.13. The van der Waals surface area contributed by atoms with Gasteiger partial charge in [0.2, 0.25) is 10.0 Å². The van der Waals surface area contributed by atoms with E-state index in [0.29, 0.717) is 11.4 Å². The Morgan fingerprint density at radius 2 is 1.23 bits per heavy atom. The van der Waals surface area contributed by atoms with Crippen LogP contribution in [0.5, 0.6) is 0 Å². The molecule has 2 aromatic rings. The monoisotopic (exact) mass is 452 g/mol. The summed E-state index contributed by atoms with van der Waals surface area (Å²) in [5.74, 6) is 0. The van der Waals surface area contributed by atoms with E-state index in [4.69, 9.17) is 0 Å². The molecule has 118 valence electrons. The van der Waals surface area contributed by atoms with Gasteiger partial charge in [0.1, 0.15) is 0 Å². The first kappa shape index (κ1) is 17.0. The Kier molecular flexibility index (Phi) is 4.97. The lowest BCUT2D eigenvalue weighted by Crippen LogP contribution is -2.13. The fourth-order valence-corrected chi connectivity index (χ4v) is 3.63. The molecule has 0 amide bonds. The third kappa shape index (κ3) is 4.85. The van der Waals surface area contributed by atoms with E-state index in [1.54, 1.807) is 24.3 Å². The summed E-state index contributed by atoms with van der Waals surface area (Å²) in [6, 6.07) is 12.4. The Labute approximate surface area is 143 Å². The molecule has 0 spiro atoms. The molecule has 6 nitrogen and oxygen atoms in total. The quantitative estimate of drug-likeness (QED) is 0.682. The van der Waals surface area contributed by atoms with Gasteiger partial charge in [-0.3, -0.25) is 9.44 Å². The van der Waals surface area contributed by atoms with Crippen LogP contribution in [0, 0.1) is 3.57 Å². The lowest BCUT2D eigenvalue weighted by molar-refractivity contribution is 0.601. The molecule has 0 unspecified atom stereocenters. The van der Waals surface area contributed by atoms with Crippen molar-refractivity contribution >= 4 is 54.0 Å². The fraction of sp³-hybridized carbons (Fsp3) is 0.0769. The van der Waals surface area contributed by atoms with E-state index in [0.717, 1.165) is 9.83 Å². The van der Waals surface area contributed by atoms with Crippen molar-refractivity contribution in [1.29, 1.82) is 0 Å². The fourth-order valence-electron chi connectivity index (χ4n) is 1.65. The second-order valence-electron chi connectivity index (χ2n) is 4.51. The van der Waals surface area contributed by atoms with Crippen molar-refractivity contribution in [3.8, 4) is 0 Å². The maximum atomic E-state index is 12.2. The van der Waals surface area contributed by atoms with Gasteiger partial charge >= 0.3 is 0 Å². The molecule has 2 rings (SSSR count). The Balaban J connectivity index is 2.21. The van der Waals surface area contributed by atoms with Crippen LogP contribution in [0.2, 0.25) is 0 Å². The molecule has 0 fully saturated rings.